The minimum atomic E-state index is -0.954. The maximum Gasteiger partial charge on any atom is 0.303 e. The van der Waals surface area contributed by atoms with Crippen LogP contribution in [-0.2, 0) is 4.79 Å². The van der Waals surface area contributed by atoms with E-state index in [4.69, 9.17) is 20.4 Å². The Bertz CT molecular complexity index is 249. The molecular weight excluding hydrogens is 284 g/mol. The summed E-state index contributed by atoms with van der Waals surface area (Å²) in [5.74, 6) is -0.668. The van der Waals surface area contributed by atoms with E-state index in [1.165, 1.54) is 44.9 Å². The van der Waals surface area contributed by atoms with Crippen molar-refractivity contribution in [2.75, 3.05) is 13.2 Å². The SMILES string of the molecule is CCCC/C=C\CCCCCCCC(=O)O.OCC(O)CO. The molecular formula is C17H34O5. The molecule has 4 N–H and O–H groups in total. The first-order chi connectivity index (χ1) is 10.6. The van der Waals surface area contributed by atoms with Crippen LogP contribution in [0.25, 0.3) is 0 Å². The third kappa shape index (κ3) is 24.1. The third-order valence-corrected chi connectivity index (χ3v) is 3.07. The Morgan fingerprint density at radius 3 is 1.86 bits per heavy atom. The Balaban J connectivity index is 0. The van der Waals surface area contributed by atoms with Gasteiger partial charge in [0.05, 0.1) is 13.2 Å². The molecule has 0 aromatic carbocycles. The fourth-order valence-corrected chi connectivity index (χ4v) is 1.68. The van der Waals surface area contributed by atoms with Crippen molar-refractivity contribution in [1.29, 1.82) is 0 Å². The summed E-state index contributed by atoms with van der Waals surface area (Å²) in [5.41, 5.74) is 0. The zero-order valence-electron chi connectivity index (χ0n) is 13.9. The number of hydrogen-bond donors (Lipinski definition) is 4. The molecule has 0 saturated heterocycles. The van der Waals surface area contributed by atoms with E-state index >= 15 is 0 Å². The quantitative estimate of drug-likeness (QED) is 0.309. The van der Waals surface area contributed by atoms with E-state index < -0.39 is 12.1 Å². The van der Waals surface area contributed by atoms with Gasteiger partial charge in [-0.1, -0.05) is 51.2 Å². The van der Waals surface area contributed by atoms with Gasteiger partial charge in [-0.05, 0) is 25.7 Å². The molecule has 0 heterocycles. The molecule has 0 aromatic rings. The van der Waals surface area contributed by atoms with Gasteiger partial charge in [0.25, 0.3) is 0 Å². The predicted molar refractivity (Wildman–Crippen MR) is 88.8 cm³/mol. The normalized spacial score (nSPS) is 10.8. The predicted octanol–water partition coefficient (Wildman–Crippen LogP) is 2.88. The molecule has 0 unspecified atom stereocenters. The summed E-state index contributed by atoms with van der Waals surface area (Å²) in [6, 6.07) is 0. The van der Waals surface area contributed by atoms with Crippen molar-refractivity contribution in [3.05, 3.63) is 12.2 Å². The smallest absolute Gasteiger partial charge is 0.303 e. The van der Waals surface area contributed by atoms with Crippen LogP contribution < -0.4 is 0 Å². The summed E-state index contributed by atoms with van der Waals surface area (Å²) in [6.07, 6.45) is 14.5. The number of aliphatic hydroxyl groups is 3. The first-order valence-corrected chi connectivity index (χ1v) is 8.35. The van der Waals surface area contributed by atoms with Crippen LogP contribution in [0.15, 0.2) is 12.2 Å². The molecule has 0 aliphatic carbocycles. The fourth-order valence-electron chi connectivity index (χ4n) is 1.68. The highest BCUT2D eigenvalue weighted by Gasteiger charge is 1.95. The Morgan fingerprint density at radius 2 is 1.41 bits per heavy atom. The highest BCUT2D eigenvalue weighted by Crippen LogP contribution is 2.08. The van der Waals surface area contributed by atoms with Gasteiger partial charge < -0.3 is 20.4 Å². The van der Waals surface area contributed by atoms with Crippen LogP contribution in [0.4, 0.5) is 0 Å². The molecule has 0 fully saturated rings. The average molecular weight is 318 g/mol. The zero-order chi connectivity index (χ0) is 17.1. The van der Waals surface area contributed by atoms with Gasteiger partial charge in [-0.3, -0.25) is 4.79 Å². The van der Waals surface area contributed by atoms with Crippen molar-refractivity contribution in [3.8, 4) is 0 Å². The Labute approximate surface area is 134 Å². The van der Waals surface area contributed by atoms with Gasteiger partial charge in [-0.2, -0.15) is 0 Å². The van der Waals surface area contributed by atoms with Crippen molar-refractivity contribution in [2.45, 2.75) is 77.2 Å². The lowest BCUT2D eigenvalue weighted by atomic mass is 10.1. The number of rotatable bonds is 13. The van der Waals surface area contributed by atoms with E-state index in [1.54, 1.807) is 0 Å². The molecule has 0 rings (SSSR count). The Kier molecular flexibility index (Phi) is 21.3. The monoisotopic (exact) mass is 318 g/mol. The van der Waals surface area contributed by atoms with Gasteiger partial charge in [0, 0.05) is 6.42 Å². The van der Waals surface area contributed by atoms with Crippen molar-refractivity contribution in [1.82, 2.24) is 0 Å². The maximum atomic E-state index is 10.3. The number of carbonyl (C=O) groups is 1. The number of unbranched alkanes of at least 4 members (excludes halogenated alkanes) is 7. The minimum absolute atomic E-state index is 0.330. The van der Waals surface area contributed by atoms with Gasteiger partial charge in [0.1, 0.15) is 6.10 Å². The van der Waals surface area contributed by atoms with Crippen LogP contribution in [0.5, 0.6) is 0 Å². The molecule has 0 saturated carbocycles. The van der Waals surface area contributed by atoms with Crippen LogP contribution >= 0.6 is 0 Å². The van der Waals surface area contributed by atoms with E-state index in [0.717, 1.165) is 12.8 Å². The molecule has 0 amide bonds. The molecule has 0 atom stereocenters. The topological polar surface area (TPSA) is 98.0 Å². The molecule has 5 heteroatoms. The number of carboxylic acids is 1. The Morgan fingerprint density at radius 1 is 0.909 bits per heavy atom. The lowest BCUT2D eigenvalue weighted by Gasteiger charge is -1.98. The lowest BCUT2D eigenvalue weighted by molar-refractivity contribution is -0.137. The minimum Gasteiger partial charge on any atom is -0.481 e. The van der Waals surface area contributed by atoms with Crippen LogP contribution in [-0.4, -0.2) is 45.7 Å². The second-order valence-corrected chi connectivity index (χ2v) is 5.33. The van der Waals surface area contributed by atoms with Crippen molar-refractivity contribution in [3.63, 3.8) is 0 Å². The summed E-state index contributed by atoms with van der Waals surface area (Å²) >= 11 is 0. The number of aliphatic hydroxyl groups excluding tert-OH is 3. The number of aliphatic carboxylic acids is 1. The van der Waals surface area contributed by atoms with Gasteiger partial charge in [-0.25, -0.2) is 0 Å². The number of allylic oxidation sites excluding steroid dienone is 2. The highest BCUT2D eigenvalue weighted by molar-refractivity contribution is 5.66. The lowest BCUT2D eigenvalue weighted by Crippen LogP contribution is -2.15. The molecule has 0 radical (unpaired) electrons. The van der Waals surface area contributed by atoms with Crippen LogP contribution in [0.3, 0.4) is 0 Å². The van der Waals surface area contributed by atoms with E-state index in [1.807, 2.05) is 0 Å². The number of carboxylic acid groups (broad SMARTS) is 1. The largest absolute Gasteiger partial charge is 0.481 e. The molecule has 0 aliphatic heterocycles. The molecule has 5 nitrogen and oxygen atoms in total. The third-order valence-electron chi connectivity index (χ3n) is 3.07. The summed E-state index contributed by atoms with van der Waals surface area (Å²) in [6.45, 7) is 1.48. The van der Waals surface area contributed by atoms with Crippen molar-refractivity contribution < 1.29 is 25.2 Å². The highest BCUT2D eigenvalue weighted by atomic mass is 16.4. The van der Waals surface area contributed by atoms with Gasteiger partial charge in [0.2, 0.25) is 0 Å². The molecule has 0 bridgehead atoms. The molecule has 22 heavy (non-hydrogen) atoms. The Hall–Kier alpha value is -0.910. The summed E-state index contributed by atoms with van der Waals surface area (Å²) in [7, 11) is 0. The van der Waals surface area contributed by atoms with E-state index in [0.29, 0.717) is 6.42 Å². The second kappa shape index (κ2) is 20.1. The van der Waals surface area contributed by atoms with Gasteiger partial charge in [0.15, 0.2) is 0 Å². The zero-order valence-corrected chi connectivity index (χ0v) is 13.9. The first-order valence-electron chi connectivity index (χ1n) is 8.35. The van der Waals surface area contributed by atoms with E-state index in [-0.39, 0.29) is 13.2 Å². The molecule has 132 valence electrons. The van der Waals surface area contributed by atoms with Crippen molar-refractivity contribution in [2.24, 2.45) is 0 Å². The molecule has 0 aromatic heterocycles. The summed E-state index contributed by atoms with van der Waals surface area (Å²) < 4.78 is 0. The summed E-state index contributed by atoms with van der Waals surface area (Å²) in [5, 5.41) is 32.5. The van der Waals surface area contributed by atoms with Gasteiger partial charge >= 0.3 is 5.97 Å². The standard InChI is InChI=1S/C14H26O2.C3H8O3/c1-2-3-4-5-6-7-8-9-10-11-12-13-14(15)16;4-1-3(6)2-5/h5-6H,2-4,7-13H2,1H3,(H,15,16);3-6H,1-2H2/b6-5-;. The van der Waals surface area contributed by atoms with E-state index in [2.05, 4.69) is 19.1 Å². The van der Waals surface area contributed by atoms with E-state index in [9.17, 15) is 4.79 Å². The van der Waals surface area contributed by atoms with Crippen molar-refractivity contribution >= 4 is 5.97 Å². The van der Waals surface area contributed by atoms with Crippen LogP contribution in [0.2, 0.25) is 0 Å². The summed E-state index contributed by atoms with van der Waals surface area (Å²) in [4.78, 5) is 10.3. The van der Waals surface area contributed by atoms with Crippen LogP contribution in [0, 0.1) is 0 Å². The maximum absolute atomic E-state index is 10.3. The van der Waals surface area contributed by atoms with Gasteiger partial charge in [-0.15, -0.1) is 0 Å². The van der Waals surface area contributed by atoms with Crippen LogP contribution in [0.1, 0.15) is 71.1 Å². The molecule has 0 spiro atoms. The molecule has 0 aliphatic rings. The fraction of sp³-hybridized carbons (Fsp3) is 0.824. The second-order valence-electron chi connectivity index (χ2n) is 5.33. The first kappa shape index (κ1) is 23.4. The average Bonchev–Trinajstić information content (AvgIpc) is 2.52. The number of hydrogen-bond acceptors (Lipinski definition) is 4.